The van der Waals surface area contributed by atoms with Crippen LogP contribution in [0.3, 0.4) is 0 Å². The zero-order chi connectivity index (χ0) is 13.1. The highest BCUT2D eigenvalue weighted by Gasteiger charge is 2.32. The fourth-order valence-corrected chi connectivity index (χ4v) is 1.64. The SMILES string of the molecule is C#CC1CC(=O)N(c2nc(OC)nc(OC)n2)C1. The minimum Gasteiger partial charge on any atom is -0.467 e. The van der Waals surface area contributed by atoms with Gasteiger partial charge >= 0.3 is 12.0 Å². The zero-order valence-corrected chi connectivity index (χ0v) is 10.1. The van der Waals surface area contributed by atoms with Crippen LogP contribution in [0.15, 0.2) is 0 Å². The summed E-state index contributed by atoms with van der Waals surface area (Å²) in [5, 5.41) is 0. The number of hydrogen-bond donors (Lipinski definition) is 0. The minimum absolute atomic E-state index is 0.0915. The molecular formula is C11H12N4O3. The molecule has 2 heterocycles. The Balaban J connectivity index is 2.33. The summed E-state index contributed by atoms with van der Waals surface area (Å²) in [4.78, 5) is 25.1. The predicted octanol–water partition coefficient (Wildman–Crippen LogP) is -0.125. The molecule has 0 spiro atoms. The van der Waals surface area contributed by atoms with Crippen molar-refractivity contribution in [1.82, 2.24) is 15.0 Å². The molecule has 1 aromatic rings. The molecule has 0 bridgehead atoms. The van der Waals surface area contributed by atoms with Crippen molar-refractivity contribution in [1.29, 1.82) is 0 Å². The molecule has 1 aliphatic rings. The number of anilines is 1. The van der Waals surface area contributed by atoms with Gasteiger partial charge in [0.15, 0.2) is 0 Å². The van der Waals surface area contributed by atoms with Gasteiger partial charge in [0, 0.05) is 18.9 Å². The molecule has 0 aliphatic carbocycles. The van der Waals surface area contributed by atoms with E-state index in [1.165, 1.54) is 19.1 Å². The van der Waals surface area contributed by atoms with Crippen molar-refractivity contribution in [2.75, 3.05) is 25.7 Å². The van der Waals surface area contributed by atoms with Crippen molar-refractivity contribution in [3.8, 4) is 24.4 Å². The molecule has 94 valence electrons. The third kappa shape index (κ3) is 2.18. The maximum absolute atomic E-state index is 11.8. The molecule has 1 saturated heterocycles. The normalized spacial score (nSPS) is 18.6. The van der Waals surface area contributed by atoms with Crippen LogP contribution in [0.5, 0.6) is 12.0 Å². The van der Waals surface area contributed by atoms with Crippen molar-refractivity contribution < 1.29 is 14.3 Å². The molecule has 0 aromatic carbocycles. The number of ether oxygens (including phenoxy) is 2. The number of nitrogens with zero attached hydrogens (tertiary/aromatic N) is 4. The molecule has 1 unspecified atom stereocenters. The van der Waals surface area contributed by atoms with Crippen LogP contribution in [-0.4, -0.2) is 41.6 Å². The Morgan fingerprint density at radius 2 is 1.89 bits per heavy atom. The van der Waals surface area contributed by atoms with Crippen LogP contribution < -0.4 is 14.4 Å². The van der Waals surface area contributed by atoms with E-state index in [1.807, 2.05) is 0 Å². The third-order valence-electron chi connectivity index (χ3n) is 2.55. The Kier molecular flexibility index (Phi) is 3.28. The van der Waals surface area contributed by atoms with E-state index in [0.717, 1.165) is 0 Å². The third-order valence-corrected chi connectivity index (χ3v) is 2.55. The second-order valence-electron chi connectivity index (χ2n) is 3.68. The summed E-state index contributed by atoms with van der Waals surface area (Å²) in [7, 11) is 2.85. The lowest BCUT2D eigenvalue weighted by atomic mass is 10.1. The molecule has 1 atom stereocenters. The topological polar surface area (TPSA) is 77.4 Å². The second-order valence-corrected chi connectivity index (χ2v) is 3.68. The summed E-state index contributed by atoms with van der Waals surface area (Å²) in [6.45, 7) is 0.394. The number of amides is 1. The molecule has 1 aliphatic heterocycles. The first-order valence-electron chi connectivity index (χ1n) is 5.28. The Bertz CT molecular complexity index is 489. The average Bonchev–Trinajstić information content (AvgIpc) is 2.79. The van der Waals surface area contributed by atoms with Crippen LogP contribution in [0.25, 0.3) is 0 Å². The Labute approximate surface area is 104 Å². The van der Waals surface area contributed by atoms with E-state index < -0.39 is 0 Å². The van der Waals surface area contributed by atoms with Crippen molar-refractivity contribution in [2.24, 2.45) is 5.92 Å². The van der Waals surface area contributed by atoms with Crippen LogP contribution in [0.1, 0.15) is 6.42 Å². The standard InChI is InChI=1S/C11H12N4O3/c1-4-7-5-8(16)15(6-7)9-12-10(17-2)14-11(13-9)18-3/h1,7H,5-6H2,2-3H3. The second kappa shape index (κ2) is 4.87. The summed E-state index contributed by atoms with van der Waals surface area (Å²) in [5.74, 6) is 2.51. The molecule has 7 nitrogen and oxygen atoms in total. The van der Waals surface area contributed by atoms with Crippen molar-refractivity contribution in [3.05, 3.63) is 0 Å². The molecule has 1 aromatic heterocycles. The lowest BCUT2D eigenvalue weighted by molar-refractivity contribution is -0.117. The number of rotatable bonds is 3. The highest BCUT2D eigenvalue weighted by molar-refractivity contribution is 5.94. The van der Waals surface area contributed by atoms with Crippen molar-refractivity contribution in [2.45, 2.75) is 6.42 Å². The van der Waals surface area contributed by atoms with Crippen LogP contribution in [-0.2, 0) is 4.79 Å². The van der Waals surface area contributed by atoms with Gasteiger partial charge in [-0.15, -0.1) is 17.3 Å². The molecule has 7 heteroatoms. The molecular weight excluding hydrogens is 236 g/mol. The summed E-state index contributed by atoms with van der Waals surface area (Å²) < 4.78 is 9.85. The van der Waals surface area contributed by atoms with E-state index in [9.17, 15) is 4.79 Å². The predicted molar refractivity (Wildman–Crippen MR) is 62.2 cm³/mol. The summed E-state index contributed by atoms with van der Waals surface area (Å²) in [5.41, 5.74) is 0. The quantitative estimate of drug-likeness (QED) is 0.694. The lowest BCUT2D eigenvalue weighted by Gasteiger charge is -2.14. The lowest BCUT2D eigenvalue weighted by Crippen LogP contribution is -2.27. The molecule has 18 heavy (non-hydrogen) atoms. The van der Waals surface area contributed by atoms with E-state index in [0.29, 0.717) is 13.0 Å². The van der Waals surface area contributed by atoms with Crippen LogP contribution in [0.4, 0.5) is 5.95 Å². The van der Waals surface area contributed by atoms with Crippen molar-refractivity contribution >= 4 is 11.9 Å². The van der Waals surface area contributed by atoms with Gasteiger partial charge < -0.3 is 9.47 Å². The number of aromatic nitrogens is 3. The van der Waals surface area contributed by atoms with E-state index in [1.54, 1.807) is 0 Å². The van der Waals surface area contributed by atoms with Gasteiger partial charge in [0.2, 0.25) is 11.9 Å². The van der Waals surface area contributed by atoms with E-state index >= 15 is 0 Å². The summed E-state index contributed by atoms with van der Waals surface area (Å²) >= 11 is 0. The molecule has 0 saturated carbocycles. The first kappa shape index (κ1) is 12.1. The van der Waals surface area contributed by atoms with Gasteiger partial charge in [0.1, 0.15) is 0 Å². The van der Waals surface area contributed by atoms with E-state index in [-0.39, 0.29) is 29.8 Å². The zero-order valence-electron chi connectivity index (χ0n) is 10.1. The monoisotopic (exact) mass is 248 g/mol. The Hall–Kier alpha value is -2.36. The van der Waals surface area contributed by atoms with Crippen LogP contribution >= 0.6 is 0 Å². The van der Waals surface area contributed by atoms with Gasteiger partial charge in [-0.1, -0.05) is 0 Å². The molecule has 0 N–H and O–H groups in total. The van der Waals surface area contributed by atoms with Gasteiger partial charge in [-0.25, -0.2) is 0 Å². The number of methoxy groups -OCH3 is 2. The van der Waals surface area contributed by atoms with Gasteiger partial charge in [-0.3, -0.25) is 9.69 Å². The summed E-state index contributed by atoms with van der Waals surface area (Å²) in [6, 6.07) is 0.183. The van der Waals surface area contributed by atoms with Crippen LogP contribution in [0.2, 0.25) is 0 Å². The first-order chi connectivity index (χ1) is 8.67. The average molecular weight is 248 g/mol. The van der Waals surface area contributed by atoms with Crippen molar-refractivity contribution in [3.63, 3.8) is 0 Å². The smallest absolute Gasteiger partial charge is 0.324 e. The number of carbonyl (C=O) groups excluding carboxylic acids is 1. The van der Waals surface area contributed by atoms with Gasteiger partial charge in [-0.05, 0) is 0 Å². The largest absolute Gasteiger partial charge is 0.467 e. The first-order valence-corrected chi connectivity index (χ1v) is 5.28. The number of hydrogen-bond acceptors (Lipinski definition) is 6. The van der Waals surface area contributed by atoms with Gasteiger partial charge in [0.25, 0.3) is 0 Å². The Morgan fingerprint density at radius 3 is 2.33 bits per heavy atom. The molecule has 1 amide bonds. The fraction of sp³-hybridized carbons (Fsp3) is 0.455. The maximum atomic E-state index is 11.8. The van der Waals surface area contributed by atoms with Crippen LogP contribution in [0, 0.1) is 18.3 Å². The number of terminal acetylenes is 1. The van der Waals surface area contributed by atoms with Gasteiger partial charge in [-0.2, -0.15) is 9.97 Å². The highest BCUT2D eigenvalue weighted by atomic mass is 16.5. The highest BCUT2D eigenvalue weighted by Crippen LogP contribution is 2.23. The molecule has 2 rings (SSSR count). The Morgan fingerprint density at radius 1 is 1.28 bits per heavy atom. The molecule has 0 radical (unpaired) electrons. The fourth-order valence-electron chi connectivity index (χ4n) is 1.64. The summed E-state index contributed by atoms with van der Waals surface area (Å²) in [6.07, 6.45) is 5.62. The van der Waals surface area contributed by atoms with E-state index in [4.69, 9.17) is 15.9 Å². The van der Waals surface area contributed by atoms with Gasteiger partial charge in [0.05, 0.1) is 14.2 Å². The van der Waals surface area contributed by atoms with E-state index in [2.05, 4.69) is 20.9 Å². The molecule has 1 fully saturated rings. The maximum Gasteiger partial charge on any atom is 0.324 e. The minimum atomic E-state index is -0.119. The number of carbonyl (C=O) groups is 1.